The molecule has 0 aliphatic carbocycles. The molecule has 3 aromatic rings. The number of aromatic nitrogens is 3. The lowest BCUT2D eigenvalue weighted by Crippen LogP contribution is -1.95. The zero-order valence-corrected chi connectivity index (χ0v) is 14.7. The van der Waals surface area contributed by atoms with Gasteiger partial charge in [-0.25, -0.2) is 5.10 Å². The van der Waals surface area contributed by atoms with Gasteiger partial charge in [0.2, 0.25) is 4.77 Å². The summed E-state index contributed by atoms with van der Waals surface area (Å²) in [7, 11) is 0. The third kappa shape index (κ3) is 2.98. The van der Waals surface area contributed by atoms with Crippen LogP contribution in [0.1, 0.15) is 5.56 Å². The highest BCUT2D eigenvalue weighted by atomic mass is 35.5. The van der Waals surface area contributed by atoms with Crippen LogP contribution in [0.3, 0.4) is 0 Å². The zero-order chi connectivity index (χ0) is 15.7. The summed E-state index contributed by atoms with van der Waals surface area (Å²) in [4.78, 5) is 0.938. The number of aromatic amines is 1. The van der Waals surface area contributed by atoms with Crippen molar-refractivity contribution in [2.24, 2.45) is 5.10 Å². The number of halogens is 3. The van der Waals surface area contributed by atoms with Gasteiger partial charge in [-0.1, -0.05) is 40.9 Å². The molecule has 0 saturated carbocycles. The van der Waals surface area contributed by atoms with E-state index in [4.69, 9.17) is 47.0 Å². The fourth-order valence-corrected chi connectivity index (χ4v) is 3.25. The van der Waals surface area contributed by atoms with Gasteiger partial charge in [-0.15, -0.1) is 11.3 Å². The van der Waals surface area contributed by atoms with Crippen LogP contribution in [0.15, 0.2) is 34.7 Å². The second-order valence-corrected chi connectivity index (χ2v) is 6.67. The van der Waals surface area contributed by atoms with Gasteiger partial charge in [0.15, 0.2) is 5.82 Å². The van der Waals surface area contributed by atoms with Gasteiger partial charge >= 0.3 is 0 Å². The summed E-state index contributed by atoms with van der Waals surface area (Å²) >= 11 is 25.0. The summed E-state index contributed by atoms with van der Waals surface area (Å²) in [6, 6.07) is 7.15. The Hall–Kier alpha value is -1.18. The molecule has 0 unspecified atom stereocenters. The molecule has 0 amide bonds. The quantitative estimate of drug-likeness (QED) is 0.364. The largest absolute Gasteiger partial charge is 0.250 e. The number of H-pyrrole nitrogens is 1. The molecule has 1 aromatic carbocycles. The van der Waals surface area contributed by atoms with Crippen molar-refractivity contribution in [3.8, 4) is 10.7 Å². The van der Waals surface area contributed by atoms with Crippen molar-refractivity contribution in [3.05, 3.63) is 55.0 Å². The zero-order valence-electron chi connectivity index (χ0n) is 10.8. The Morgan fingerprint density at radius 3 is 2.73 bits per heavy atom. The lowest BCUT2D eigenvalue weighted by molar-refractivity contribution is 0.873. The van der Waals surface area contributed by atoms with Crippen LogP contribution < -0.4 is 0 Å². The fourth-order valence-electron chi connectivity index (χ4n) is 1.74. The lowest BCUT2D eigenvalue weighted by atomic mass is 10.2. The minimum Gasteiger partial charge on any atom is -0.250 e. The Kier molecular flexibility index (Phi) is 4.65. The second-order valence-electron chi connectivity index (χ2n) is 4.14. The predicted molar refractivity (Wildman–Crippen MR) is 95.2 cm³/mol. The number of nitrogens with one attached hydrogen (secondary N) is 1. The normalized spacial score (nSPS) is 11.4. The van der Waals surface area contributed by atoms with Gasteiger partial charge in [0.05, 0.1) is 26.2 Å². The first-order chi connectivity index (χ1) is 10.6. The smallest absolute Gasteiger partial charge is 0.216 e. The van der Waals surface area contributed by atoms with E-state index in [2.05, 4.69) is 15.3 Å². The first-order valence-electron chi connectivity index (χ1n) is 5.97. The molecule has 2 aromatic heterocycles. The van der Waals surface area contributed by atoms with Gasteiger partial charge in [-0.05, 0) is 35.8 Å². The number of thiophene rings is 1. The molecule has 0 spiro atoms. The van der Waals surface area contributed by atoms with Crippen LogP contribution in [0.25, 0.3) is 10.7 Å². The van der Waals surface area contributed by atoms with Crippen molar-refractivity contribution < 1.29 is 0 Å². The number of nitrogens with zero attached hydrogens (tertiary/aromatic N) is 3. The Morgan fingerprint density at radius 2 is 2.00 bits per heavy atom. The predicted octanol–water partition coefficient (Wildman–Crippen LogP) is 5.51. The van der Waals surface area contributed by atoms with E-state index in [9.17, 15) is 0 Å². The minimum atomic E-state index is 0.339. The van der Waals surface area contributed by atoms with E-state index < -0.39 is 0 Å². The molecular formula is C13H7Cl3N4S2. The summed E-state index contributed by atoms with van der Waals surface area (Å²) in [6.45, 7) is 0. The van der Waals surface area contributed by atoms with Crippen LogP contribution in [0.4, 0.5) is 0 Å². The van der Waals surface area contributed by atoms with Gasteiger partial charge in [0.1, 0.15) is 0 Å². The third-order valence-electron chi connectivity index (χ3n) is 2.77. The summed E-state index contributed by atoms with van der Waals surface area (Å²) in [5, 5.41) is 14.4. The van der Waals surface area contributed by atoms with Crippen molar-refractivity contribution in [3.63, 3.8) is 0 Å². The Balaban J connectivity index is 2.07. The summed E-state index contributed by atoms with van der Waals surface area (Å²) in [5.74, 6) is 0.616. The van der Waals surface area contributed by atoms with E-state index in [1.54, 1.807) is 12.1 Å². The third-order valence-corrected chi connectivity index (χ3v) is 5.05. The van der Waals surface area contributed by atoms with Crippen molar-refractivity contribution >= 4 is 64.6 Å². The fraction of sp³-hybridized carbons (Fsp3) is 0. The van der Waals surface area contributed by atoms with Gasteiger partial charge < -0.3 is 0 Å². The van der Waals surface area contributed by atoms with Gasteiger partial charge in [-0.2, -0.15) is 14.9 Å². The van der Waals surface area contributed by atoms with E-state index >= 15 is 0 Å². The average molecular weight is 390 g/mol. The molecule has 112 valence electrons. The molecule has 0 saturated heterocycles. The lowest BCUT2D eigenvalue weighted by Gasteiger charge is -2.03. The molecule has 0 radical (unpaired) electrons. The Labute approximate surface area is 150 Å². The van der Waals surface area contributed by atoms with Crippen LogP contribution in [0.5, 0.6) is 0 Å². The molecule has 0 aliphatic rings. The van der Waals surface area contributed by atoms with Crippen molar-refractivity contribution in [2.75, 3.05) is 0 Å². The number of rotatable bonds is 3. The van der Waals surface area contributed by atoms with E-state index in [1.807, 2.05) is 17.5 Å². The minimum absolute atomic E-state index is 0.339. The van der Waals surface area contributed by atoms with Gasteiger partial charge in [0.25, 0.3) is 0 Å². The van der Waals surface area contributed by atoms with E-state index in [-0.39, 0.29) is 0 Å². The molecule has 3 rings (SSSR count). The topological polar surface area (TPSA) is 46.0 Å². The van der Waals surface area contributed by atoms with Crippen molar-refractivity contribution in [2.45, 2.75) is 0 Å². The molecule has 0 bridgehead atoms. The van der Waals surface area contributed by atoms with Crippen molar-refractivity contribution in [1.82, 2.24) is 14.9 Å². The number of hydrogen-bond donors (Lipinski definition) is 1. The molecule has 0 aliphatic heterocycles. The maximum atomic E-state index is 6.15. The molecule has 9 heteroatoms. The van der Waals surface area contributed by atoms with Crippen LogP contribution in [0.2, 0.25) is 15.1 Å². The highest BCUT2D eigenvalue weighted by Crippen LogP contribution is 2.30. The summed E-state index contributed by atoms with van der Waals surface area (Å²) < 4.78 is 1.88. The highest BCUT2D eigenvalue weighted by molar-refractivity contribution is 7.71. The first-order valence-corrected chi connectivity index (χ1v) is 8.39. The van der Waals surface area contributed by atoms with Gasteiger partial charge in [0, 0.05) is 5.56 Å². The average Bonchev–Trinajstić information content (AvgIpc) is 3.13. The highest BCUT2D eigenvalue weighted by Gasteiger charge is 2.11. The standard InChI is InChI=1S/C13H7Cl3N4S2/c14-8-3-4-9(15)11(16)7(8)6-17-20-12(18-19-13(20)21)10-2-1-5-22-10/h1-6H,(H,19,21)/b17-6-. The molecule has 0 atom stereocenters. The Morgan fingerprint density at radius 1 is 1.23 bits per heavy atom. The van der Waals surface area contributed by atoms with Crippen molar-refractivity contribution in [1.29, 1.82) is 0 Å². The van der Waals surface area contributed by atoms with Crippen LogP contribution in [-0.2, 0) is 0 Å². The Bertz CT molecular complexity index is 897. The maximum absolute atomic E-state index is 6.15. The second kappa shape index (κ2) is 6.52. The van der Waals surface area contributed by atoms with E-state index in [0.717, 1.165) is 4.88 Å². The van der Waals surface area contributed by atoms with Crippen LogP contribution in [-0.4, -0.2) is 21.1 Å². The SMILES string of the molecule is S=c1[nH]nc(-c2cccs2)n1/N=C\c1c(Cl)ccc(Cl)c1Cl. The monoisotopic (exact) mass is 388 g/mol. The number of benzene rings is 1. The molecule has 22 heavy (non-hydrogen) atoms. The summed E-state index contributed by atoms with van der Waals surface area (Å²) in [5.41, 5.74) is 0.524. The number of hydrogen-bond acceptors (Lipinski definition) is 4. The van der Waals surface area contributed by atoms with E-state index in [0.29, 0.717) is 31.2 Å². The molecule has 0 fully saturated rings. The summed E-state index contributed by atoms with van der Waals surface area (Å²) in [6.07, 6.45) is 1.51. The van der Waals surface area contributed by atoms with Gasteiger partial charge in [-0.3, -0.25) is 0 Å². The maximum Gasteiger partial charge on any atom is 0.216 e. The first kappa shape index (κ1) is 15.7. The van der Waals surface area contributed by atoms with Crippen LogP contribution in [0, 0.1) is 4.77 Å². The molecular weight excluding hydrogens is 383 g/mol. The molecule has 1 N–H and O–H groups in total. The molecule has 2 heterocycles. The van der Waals surface area contributed by atoms with E-state index in [1.165, 1.54) is 22.2 Å². The van der Waals surface area contributed by atoms with Crippen LogP contribution >= 0.6 is 58.4 Å². The molecule has 4 nitrogen and oxygen atoms in total.